The Hall–Kier alpha value is -1.16. The van der Waals surface area contributed by atoms with Gasteiger partial charge in [-0.15, -0.1) is 0 Å². The van der Waals surface area contributed by atoms with Gasteiger partial charge in [0.15, 0.2) is 6.10 Å². The Labute approximate surface area is 126 Å². The standard InChI is InChI=1S/C15H23O5P/c1-15(2,3)21(17,19-5)20-13(14(16)18-4)11-12-9-7-6-8-10-12/h6-10,13H,11H2,1-5H3/t13-,21?/m0/s1. The number of hydrogen-bond acceptors (Lipinski definition) is 5. The fraction of sp³-hybridized carbons (Fsp3) is 0.533. The Morgan fingerprint density at radius 3 is 2.19 bits per heavy atom. The predicted molar refractivity (Wildman–Crippen MR) is 81.4 cm³/mol. The molecule has 6 heteroatoms. The number of carbonyl (C=O) groups excluding carboxylic acids is 1. The van der Waals surface area contributed by atoms with Crippen molar-refractivity contribution in [3.8, 4) is 0 Å². The molecule has 0 N–H and O–H groups in total. The molecule has 0 amide bonds. The number of ether oxygens (including phenoxy) is 1. The predicted octanol–water partition coefficient (Wildman–Crippen LogP) is 3.43. The minimum atomic E-state index is -3.45. The fourth-order valence-electron chi connectivity index (χ4n) is 1.77. The molecule has 21 heavy (non-hydrogen) atoms. The van der Waals surface area contributed by atoms with Crippen molar-refractivity contribution in [2.75, 3.05) is 14.2 Å². The van der Waals surface area contributed by atoms with Crippen molar-refractivity contribution < 1.29 is 23.1 Å². The van der Waals surface area contributed by atoms with Crippen molar-refractivity contribution >= 4 is 13.6 Å². The highest BCUT2D eigenvalue weighted by Crippen LogP contribution is 2.60. The molecule has 0 radical (unpaired) electrons. The van der Waals surface area contributed by atoms with Crippen LogP contribution in [-0.2, 0) is 29.6 Å². The van der Waals surface area contributed by atoms with Crippen LogP contribution in [0.2, 0.25) is 0 Å². The first kappa shape index (κ1) is 17.9. The highest BCUT2D eigenvalue weighted by atomic mass is 31.2. The number of rotatable bonds is 6. The second kappa shape index (κ2) is 7.21. The molecule has 2 atom stereocenters. The van der Waals surface area contributed by atoms with Gasteiger partial charge in [0.1, 0.15) is 0 Å². The zero-order valence-electron chi connectivity index (χ0n) is 13.2. The van der Waals surface area contributed by atoms with Crippen LogP contribution < -0.4 is 0 Å². The Balaban J connectivity index is 2.99. The smallest absolute Gasteiger partial charge is 0.336 e. The lowest BCUT2D eigenvalue weighted by molar-refractivity contribution is -0.149. The molecule has 1 aromatic carbocycles. The van der Waals surface area contributed by atoms with Crippen molar-refractivity contribution in [2.45, 2.75) is 38.5 Å². The Bertz CT molecular complexity index is 507. The third-order valence-corrected chi connectivity index (χ3v) is 5.71. The van der Waals surface area contributed by atoms with Gasteiger partial charge in [-0.05, 0) is 26.3 Å². The fourth-order valence-corrected chi connectivity index (χ4v) is 3.21. The third kappa shape index (κ3) is 4.67. The van der Waals surface area contributed by atoms with Gasteiger partial charge in [0.05, 0.1) is 12.3 Å². The van der Waals surface area contributed by atoms with Crippen LogP contribution in [-0.4, -0.2) is 31.4 Å². The molecule has 0 aliphatic rings. The van der Waals surface area contributed by atoms with Gasteiger partial charge in [-0.1, -0.05) is 30.3 Å². The molecule has 0 saturated heterocycles. The van der Waals surface area contributed by atoms with Crippen LogP contribution >= 0.6 is 7.60 Å². The summed E-state index contributed by atoms with van der Waals surface area (Å²) in [4.78, 5) is 11.9. The van der Waals surface area contributed by atoms with Gasteiger partial charge >= 0.3 is 13.6 Å². The maximum Gasteiger partial charge on any atom is 0.336 e. The van der Waals surface area contributed by atoms with Crippen molar-refractivity contribution in [1.82, 2.24) is 0 Å². The molecule has 0 bridgehead atoms. The van der Waals surface area contributed by atoms with Crippen LogP contribution in [0.1, 0.15) is 26.3 Å². The van der Waals surface area contributed by atoms with Gasteiger partial charge in [0.25, 0.3) is 0 Å². The van der Waals surface area contributed by atoms with Crippen molar-refractivity contribution in [3.05, 3.63) is 35.9 Å². The maximum atomic E-state index is 12.8. The van der Waals surface area contributed by atoms with E-state index >= 15 is 0 Å². The topological polar surface area (TPSA) is 61.8 Å². The van der Waals surface area contributed by atoms with E-state index in [9.17, 15) is 9.36 Å². The first-order chi connectivity index (χ1) is 9.73. The van der Waals surface area contributed by atoms with Crippen LogP contribution in [0.4, 0.5) is 0 Å². The van der Waals surface area contributed by atoms with Crippen LogP contribution in [0.3, 0.4) is 0 Å². The van der Waals surface area contributed by atoms with Gasteiger partial charge in [-0.3, -0.25) is 9.09 Å². The largest absolute Gasteiger partial charge is 0.467 e. The maximum absolute atomic E-state index is 12.8. The quantitative estimate of drug-likeness (QED) is 0.594. The van der Waals surface area contributed by atoms with E-state index < -0.39 is 24.8 Å². The van der Waals surface area contributed by atoms with E-state index in [1.807, 2.05) is 30.3 Å². The van der Waals surface area contributed by atoms with E-state index in [2.05, 4.69) is 0 Å². The average Bonchev–Trinajstić information content (AvgIpc) is 2.45. The second-order valence-electron chi connectivity index (χ2n) is 5.66. The lowest BCUT2D eigenvalue weighted by Gasteiger charge is -2.31. The Kier molecular flexibility index (Phi) is 6.14. The van der Waals surface area contributed by atoms with Gasteiger partial charge in [0, 0.05) is 13.5 Å². The molecular weight excluding hydrogens is 291 g/mol. The molecule has 1 aromatic rings. The first-order valence-electron chi connectivity index (χ1n) is 6.69. The van der Waals surface area contributed by atoms with Crippen molar-refractivity contribution in [3.63, 3.8) is 0 Å². The zero-order chi connectivity index (χ0) is 16.1. The van der Waals surface area contributed by atoms with Gasteiger partial charge < -0.3 is 9.26 Å². The molecule has 1 rings (SSSR count). The molecule has 1 unspecified atom stereocenters. The van der Waals surface area contributed by atoms with E-state index in [1.165, 1.54) is 14.2 Å². The molecule has 0 aliphatic carbocycles. The van der Waals surface area contributed by atoms with Crippen LogP contribution in [0.5, 0.6) is 0 Å². The van der Waals surface area contributed by atoms with E-state index in [0.29, 0.717) is 0 Å². The lowest BCUT2D eigenvalue weighted by Crippen LogP contribution is -2.31. The minimum absolute atomic E-state index is 0.275. The van der Waals surface area contributed by atoms with Crippen molar-refractivity contribution in [2.24, 2.45) is 0 Å². The SMILES string of the molecule is COC(=O)[C@H](Cc1ccccc1)OP(=O)(OC)C(C)(C)C. The van der Waals surface area contributed by atoms with Gasteiger partial charge in [-0.25, -0.2) is 4.79 Å². The van der Waals surface area contributed by atoms with Crippen LogP contribution in [0, 0.1) is 0 Å². The number of esters is 1. The number of methoxy groups -OCH3 is 1. The summed E-state index contributed by atoms with van der Waals surface area (Å²) in [7, 11) is -0.846. The van der Waals surface area contributed by atoms with Gasteiger partial charge in [-0.2, -0.15) is 0 Å². The summed E-state index contributed by atoms with van der Waals surface area (Å²) in [6, 6.07) is 9.35. The van der Waals surface area contributed by atoms with Crippen molar-refractivity contribution in [1.29, 1.82) is 0 Å². The number of benzene rings is 1. The van der Waals surface area contributed by atoms with Gasteiger partial charge in [0.2, 0.25) is 0 Å². The number of hydrogen-bond donors (Lipinski definition) is 0. The summed E-state index contributed by atoms with van der Waals surface area (Å²) in [5.41, 5.74) is 0.893. The monoisotopic (exact) mass is 314 g/mol. The van der Waals surface area contributed by atoms with E-state index in [1.54, 1.807) is 20.8 Å². The molecule has 0 saturated carbocycles. The van der Waals surface area contributed by atoms with Crippen LogP contribution in [0.15, 0.2) is 30.3 Å². The number of carbonyl (C=O) groups is 1. The van der Waals surface area contributed by atoms with E-state index in [0.717, 1.165) is 5.56 Å². The molecule has 0 fully saturated rings. The average molecular weight is 314 g/mol. The molecule has 0 spiro atoms. The second-order valence-corrected chi connectivity index (χ2v) is 8.57. The summed E-state index contributed by atoms with van der Waals surface area (Å²) in [6.45, 7) is 5.23. The molecular formula is C15H23O5P. The normalized spacial score (nSPS) is 16.0. The molecule has 0 aliphatic heterocycles. The zero-order valence-corrected chi connectivity index (χ0v) is 14.1. The summed E-state index contributed by atoms with van der Waals surface area (Å²) in [5.74, 6) is -0.569. The first-order valence-corrected chi connectivity index (χ1v) is 8.24. The summed E-state index contributed by atoms with van der Waals surface area (Å²) in [5, 5.41) is -0.731. The summed E-state index contributed by atoms with van der Waals surface area (Å²) in [6.07, 6.45) is -0.695. The lowest BCUT2D eigenvalue weighted by atomic mass is 10.1. The minimum Gasteiger partial charge on any atom is -0.467 e. The van der Waals surface area contributed by atoms with Crippen LogP contribution in [0.25, 0.3) is 0 Å². The third-order valence-electron chi connectivity index (χ3n) is 3.06. The molecule has 0 aromatic heterocycles. The Morgan fingerprint density at radius 2 is 1.76 bits per heavy atom. The highest BCUT2D eigenvalue weighted by Gasteiger charge is 2.42. The van der Waals surface area contributed by atoms with E-state index in [-0.39, 0.29) is 6.42 Å². The molecule has 0 heterocycles. The molecule has 118 valence electrons. The summed E-state index contributed by atoms with van der Waals surface area (Å²) >= 11 is 0. The Morgan fingerprint density at radius 1 is 1.19 bits per heavy atom. The summed E-state index contributed by atoms with van der Waals surface area (Å²) < 4.78 is 28.2. The van der Waals surface area contributed by atoms with E-state index in [4.69, 9.17) is 13.8 Å². The highest BCUT2D eigenvalue weighted by molar-refractivity contribution is 7.55. The molecule has 5 nitrogen and oxygen atoms in total.